The number of nitrogens with two attached hydrogens (primary N) is 1. The molecule has 1 aliphatic carbocycles. The smallest absolute Gasteiger partial charge is 0.179 e. The Labute approximate surface area is 113 Å². The third-order valence-electron chi connectivity index (χ3n) is 3.48. The van der Waals surface area contributed by atoms with Crippen LogP contribution >= 0.6 is 0 Å². The molecule has 0 aromatic heterocycles. The van der Waals surface area contributed by atoms with Gasteiger partial charge in [-0.3, -0.25) is 0 Å². The van der Waals surface area contributed by atoms with E-state index in [0.29, 0.717) is 24.3 Å². The summed E-state index contributed by atoms with van der Waals surface area (Å²) in [5.41, 5.74) is 7.84. The second kappa shape index (κ2) is 5.02. The molecule has 106 valence electrons. The third kappa shape index (κ3) is 2.55. The number of ether oxygens (including phenoxy) is 2. The van der Waals surface area contributed by atoms with Crippen LogP contribution in [-0.2, 0) is 22.7 Å². The summed E-state index contributed by atoms with van der Waals surface area (Å²) in [6.45, 7) is 0. The molecule has 0 bridgehead atoms. The molecule has 1 aliphatic rings. The normalized spacial score (nSPS) is 18.8. The number of hydrogen-bond acceptors (Lipinski definition) is 5. The summed E-state index contributed by atoms with van der Waals surface area (Å²) in [4.78, 5) is 0.182. The number of fused-ring (bicyclic) bond motifs is 1. The first-order valence-corrected chi connectivity index (χ1v) is 8.00. The first kappa shape index (κ1) is 14.1. The molecule has 2 N–H and O–H groups in total. The van der Waals surface area contributed by atoms with Crippen molar-refractivity contribution in [1.29, 1.82) is 0 Å². The molecule has 0 saturated carbocycles. The molecule has 0 saturated heterocycles. The Kier molecular flexibility index (Phi) is 3.73. The van der Waals surface area contributed by atoms with Gasteiger partial charge in [-0.15, -0.1) is 0 Å². The standard InChI is InChI=1S/C13H19NO4S/c1-17-11-7-12(19(3,15)16)13(18-2)9-5-4-8(14)6-10(9)11/h7-8H,4-6,14H2,1-3H3. The Morgan fingerprint density at radius 2 is 1.95 bits per heavy atom. The molecule has 6 heteroatoms. The Morgan fingerprint density at radius 3 is 2.47 bits per heavy atom. The molecule has 0 amide bonds. The largest absolute Gasteiger partial charge is 0.496 e. The summed E-state index contributed by atoms with van der Waals surface area (Å²) in [7, 11) is -0.334. The van der Waals surface area contributed by atoms with Crippen molar-refractivity contribution < 1.29 is 17.9 Å². The average molecular weight is 285 g/mol. The van der Waals surface area contributed by atoms with E-state index in [9.17, 15) is 8.42 Å². The monoisotopic (exact) mass is 285 g/mol. The molecule has 1 unspecified atom stereocenters. The van der Waals surface area contributed by atoms with Crippen LogP contribution in [0.3, 0.4) is 0 Å². The molecule has 5 nitrogen and oxygen atoms in total. The Bertz CT molecular complexity index is 595. The van der Waals surface area contributed by atoms with E-state index >= 15 is 0 Å². The Morgan fingerprint density at radius 1 is 1.26 bits per heavy atom. The molecule has 1 aromatic rings. The maximum absolute atomic E-state index is 11.9. The van der Waals surface area contributed by atoms with Crippen LogP contribution in [0.2, 0.25) is 0 Å². The number of methoxy groups -OCH3 is 2. The molecular formula is C13H19NO4S. The van der Waals surface area contributed by atoms with Crippen LogP contribution in [0.4, 0.5) is 0 Å². The summed E-state index contributed by atoms with van der Waals surface area (Å²) >= 11 is 0. The van der Waals surface area contributed by atoms with Gasteiger partial charge in [0, 0.05) is 29.5 Å². The van der Waals surface area contributed by atoms with Crippen molar-refractivity contribution in [2.75, 3.05) is 20.5 Å². The van der Waals surface area contributed by atoms with E-state index in [2.05, 4.69) is 0 Å². The van der Waals surface area contributed by atoms with Gasteiger partial charge in [0.05, 0.1) is 14.2 Å². The molecule has 0 fully saturated rings. The second-order valence-electron chi connectivity index (χ2n) is 4.84. The van der Waals surface area contributed by atoms with Gasteiger partial charge in [0.1, 0.15) is 16.4 Å². The molecule has 0 aliphatic heterocycles. The number of benzene rings is 1. The van der Waals surface area contributed by atoms with E-state index < -0.39 is 9.84 Å². The highest BCUT2D eigenvalue weighted by atomic mass is 32.2. The summed E-state index contributed by atoms with van der Waals surface area (Å²) in [6.07, 6.45) is 3.38. The fraction of sp³-hybridized carbons (Fsp3) is 0.538. The van der Waals surface area contributed by atoms with Crippen LogP contribution in [0.25, 0.3) is 0 Å². The SMILES string of the molecule is COc1cc(S(C)(=O)=O)c(OC)c2c1CC(N)CC2. The minimum Gasteiger partial charge on any atom is -0.496 e. The highest BCUT2D eigenvalue weighted by Crippen LogP contribution is 2.40. The number of hydrogen-bond donors (Lipinski definition) is 1. The van der Waals surface area contributed by atoms with Gasteiger partial charge in [-0.05, 0) is 19.3 Å². The van der Waals surface area contributed by atoms with Crippen molar-refractivity contribution in [1.82, 2.24) is 0 Å². The Hall–Kier alpha value is -1.27. The van der Waals surface area contributed by atoms with E-state index in [-0.39, 0.29) is 10.9 Å². The number of rotatable bonds is 3. The quantitative estimate of drug-likeness (QED) is 0.893. The van der Waals surface area contributed by atoms with E-state index in [1.165, 1.54) is 26.5 Å². The van der Waals surface area contributed by atoms with E-state index in [1.54, 1.807) is 0 Å². The molecule has 2 rings (SSSR count). The zero-order chi connectivity index (χ0) is 14.2. The Balaban J connectivity index is 2.74. The van der Waals surface area contributed by atoms with E-state index in [4.69, 9.17) is 15.2 Å². The molecule has 1 atom stereocenters. The second-order valence-corrected chi connectivity index (χ2v) is 6.83. The molecule has 19 heavy (non-hydrogen) atoms. The predicted octanol–water partition coefficient (Wildman–Crippen LogP) is 0.923. The average Bonchev–Trinajstić information content (AvgIpc) is 2.35. The van der Waals surface area contributed by atoms with Gasteiger partial charge in [0.25, 0.3) is 0 Å². The minimum absolute atomic E-state index is 0.0789. The zero-order valence-corrected chi connectivity index (χ0v) is 12.2. The highest BCUT2D eigenvalue weighted by Gasteiger charge is 2.28. The van der Waals surface area contributed by atoms with Crippen molar-refractivity contribution in [2.24, 2.45) is 5.73 Å². The van der Waals surface area contributed by atoms with Crippen LogP contribution < -0.4 is 15.2 Å². The first-order valence-electron chi connectivity index (χ1n) is 6.10. The lowest BCUT2D eigenvalue weighted by atomic mass is 9.87. The van der Waals surface area contributed by atoms with E-state index in [1.807, 2.05) is 0 Å². The maximum atomic E-state index is 11.9. The van der Waals surface area contributed by atoms with Crippen LogP contribution in [0.15, 0.2) is 11.0 Å². The molecular weight excluding hydrogens is 266 g/mol. The van der Waals surface area contributed by atoms with Gasteiger partial charge in [-0.1, -0.05) is 0 Å². The summed E-state index contributed by atoms with van der Waals surface area (Å²) in [5.74, 6) is 1.01. The topological polar surface area (TPSA) is 78.6 Å². The highest BCUT2D eigenvalue weighted by molar-refractivity contribution is 7.90. The maximum Gasteiger partial charge on any atom is 0.179 e. The summed E-state index contributed by atoms with van der Waals surface area (Å²) < 4.78 is 34.4. The van der Waals surface area contributed by atoms with Crippen LogP contribution in [0, 0.1) is 0 Å². The predicted molar refractivity (Wildman–Crippen MR) is 72.7 cm³/mol. The fourth-order valence-electron chi connectivity index (χ4n) is 2.57. The van der Waals surface area contributed by atoms with Gasteiger partial charge >= 0.3 is 0 Å². The van der Waals surface area contributed by atoms with Gasteiger partial charge in [-0.2, -0.15) is 0 Å². The van der Waals surface area contributed by atoms with Crippen molar-refractivity contribution in [3.05, 3.63) is 17.2 Å². The van der Waals surface area contributed by atoms with Crippen molar-refractivity contribution in [3.63, 3.8) is 0 Å². The van der Waals surface area contributed by atoms with Crippen molar-refractivity contribution in [2.45, 2.75) is 30.2 Å². The summed E-state index contributed by atoms with van der Waals surface area (Å²) in [6, 6.07) is 1.61. The molecule has 1 aromatic carbocycles. The van der Waals surface area contributed by atoms with Crippen LogP contribution in [-0.4, -0.2) is 34.9 Å². The fourth-order valence-corrected chi connectivity index (χ4v) is 3.43. The van der Waals surface area contributed by atoms with Gasteiger partial charge in [0.15, 0.2) is 9.84 Å². The molecule has 0 spiro atoms. The van der Waals surface area contributed by atoms with Crippen LogP contribution in [0.5, 0.6) is 11.5 Å². The lowest BCUT2D eigenvalue weighted by Gasteiger charge is -2.26. The minimum atomic E-state index is -3.36. The lowest BCUT2D eigenvalue weighted by molar-refractivity contribution is 0.375. The lowest BCUT2D eigenvalue weighted by Crippen LogP contribution is -2.28. The zero-order valence-electron chi connectivity index (χ0n) is 11.4. The molecule has 0 heterocycles. The van der Waals surface area contributed by atoms with Crippen molar-refractivity contribution >= 4 is 9.84 Å². The van der Waals surface area contributed by atoms with Gasteiger partial charge < -0.3 is 15.2 Å². The third-order valence-corrected chi connectivity index (χ3v) is 4.58. The number of sulfone groups is 1. The molecule has 0 radical (unpaired) electrons. The summed E-state index contributed by atoms with van der Waals surface area (Å²) in [5, 5.41) is 0. The van der Waals surface area contributed by atoms with Crippen molar-refractivity contribution in [3.8, 4) is 11.5 Å². The van der Waals surface area contributed by atoms with Gasteiger partial charge in [-0.25, -0.2) is 8.42 Å². The van der Waals surface area contributed by atoms with Gasteiger partial charge in [0.2, 0.25) is 0 Å². The van der Waals surface area contributed by atoms with E-state index in [0.717, 1.165) is 17.5 Å². The van der Waals surface area contributed by atoms with Crippen LogP contribution in [0.1, 0.15) is 17.5 Å². The first-order chi connectivity index (χ1) is 8.88.